The number of rotatable bonds is 5. The molecule has 3 atom stereocenters. The molecule has 9 heteroatoms. The average Bonchev–Trinajstić information content (AvgIpc) is 3.02. The molecule has 1 aliphatic carbocycles. The SMILES string of the molecule is C[C@@H]1CC[C@@H]2C(=O)N(N(Cc3ccccc3F)C(=O)c3cccc([N+](=O)[O-])c3)C(=O)[C@H]2C1. The van der Waals surface area contributed by atoms with Crippen molar-refractivity contribution in [3.05, 3.63) is 75.6 Å². The van der Waals surface area contributed by atoms with Gasteiger partial charge in [0.1, 0.15) is 5.82 Å². The molecular formula is C23H22FN3O5. The third-order valence-electron chi connectivity index (χ3n) is 6.22. The van der Waals surface area contributed by atoms with Gasteiger partial charge in [-0.2, -0.15) is 5.01 Å². The number of nitro groups is 1. The van der Waals surface area contributed by atoms with Gasteiger partial charge < -0.3 is 0 Å². The van der Waals surface area contributed by atoms with Crippen molar-refractivity contribution >= 4 is 23.4 Å². The Bertz CT molecular complexity index is 1100. The summed E-state index contributed by atoms with van der Waals surface area (Å²) in [6.45, 7) is 1.66. The van der Waals surface area contributed by atoms with Crippen molar-refractivity contribution in [2.24, 2.45) is 17.8 Å². The number of non-ortho nitro benzene ring substituents is 1. The second kappa shape index (κ2) is 8.49. The fourth-order valence-corrected chi connectivity index (χ4v) is 4.53. The number of carbonyl (C=O) groups excluding carboxylic acids is 3. The number of nitro benzene ring substituents is 1. The van der Waals surface area contributed by atoms with Gasteiger partial charge in [0.05, 0.1) is 23.3 Å². The first kappa shape index (κ1) is 21.6. The molecule has 2 aromatic carbocycles. The van der Waals surface area contributed by atoms with E-state index in [4.69, 9.17) is 0 Å². The Morgan fingerprint density at radius 1 is 1.12 bits per heavy atom. The van der Waals surface area contributed by atoms with Gasteiger partial charge in [-0.25, -0.2) is 9.40 Å². The molecule has 32 heavy (non-hydrogen) atoms. The van der Waals surface area contributed by atoms with E-state index in [9.17, 15) is 28.9 Å². The van der Waals surface area contributed by atoms with Gasteiger partial charge >= 0.3 is 0 Å². The van der Waals surface area contributed by atoms with Crippen LogP contribution in [0.5, 0.6) is 0 Å². The molecule has 0 N–H and O–H groups in total. The molecule has 3 amide bonds. The third-order valence-corrected chi connectivity index (χ3v) is 6.22. The van der Waals surface area contributed by atoms with Crippen LogP contribution >= 0.6 is 0 Å². The highest BCUT2D eigenvalue weighted by molar-refractivity contribution is 6.07. The number of hydrogen-bond acceptors (Lipinski definition) is 5. The Balaban J connectivity index is 1.74. The van der Waals surface area contributed by atoms with Gasteiger partial charge in [0.25, 0.3) is 23.4 Å². The van der Waals surface area contributed by atoms with Gasteiger partial charge in [0.15, 0.2) is 0 Å². The minimum Gasteiger partial charge on any atom is -0.272 e. The second-order valence-corrected chi connectivity index (χ2v) is 8.38. The first-order chi connectivity index (χ1) is 15.3. The van der Waals surface area contributed by atoms with Crippen molar-refractivity contribution in [1.82, 2.24) is 10.0 Å². The lowest BCUT2D eigenvalue weighted by atomic mass is 9.76. The van der Waals surface area contributed by atoms with Crippen LogP contribution in [0.2, 0.25) is 0 Å². The normalized spacial score (nSPS) is 22.6. The van der Waals surface area contributed by atoms with Crippen LogP contribution in [0, 0.1) is 33.7 Å². The number of amides is 3. The molecule has 0 radical (unpaired) electrons. The topological polar surface area (TPSA) is 101 Å². The molecule has 1 saturated heterocycles. The molecule has 0 unspecified atom stereocenters. The zero-order chi connectivity index (χ0) is 23.0. The van der Waals surface area contributed by atoms with E-state index >= 15 is 0 Å². The zero-order valence-electron chi connectivity index (χ0n) is 17.4. The predicted octanol–water partition coefficient (Wildman–Crippen LogP) is 3.71. The highest BCUT2D eigenvalue weighted by atomic mass is 19.1. The van der Waals surface area contributed by atoms with Crippen molar-refractivity contribution < 1.29 is 23.7 Å². The van der Waals surface area contributed by atoms with Crippen LogP contribution in [-0.4, -0.2) is 32.7 Å². The van der Waals surface area contributed by atoms with Crippen molar-refractivity contribution in [1.29, 1.82) is 0 Å². The van der Waals surface area contributed by atoms with Crippen molar-refractivity contribution in [3.63, 3.8) is 0 Å². The van der Waals surface area contributed by atoms with Gasteiger partial charge in [-0.3, -0.25) is 24.5 Å². The number of imide groups is 1. The number of hydrazine groups is 1. The fraction of sp³-hybridized carbons (Fsp3) is 0.348. The summed E-state index contributed by atoms with van der Waals surface area (Å²) in [6, 6.07) is 10.8. The Morgan fingerprint density at radius 2 is 1.84 bits per heavy atom. The largest absolute Gasteiger partial charge is 0.273 e. The monoisotopic (exact) mass is 439 g/mol. The highest BCUT2D eigenvalue weighted by Crippen LogP contribution is 2.41. The number of halogens is 1. The van der Waals surface area contributed by atoms with E-state index in [1.807, 2.05) is 6.92 Å². The van der Waals surface area contributed by atoms with Crippen LogP contribution in [-0.2, 0) is 16.1 Å². The first-order valence-electron chi connectivity index (χ1n) is 10.5. The summed E-state index contributed by atoms with van der Waals surface area (Å²) in [4.78, 5) is 50.4. The second-order valence-electron chi connectivity index (χ2n) is 8.38. The van der Waals surface area contributed by atoms with Crippen LogP contribution in [0.3, 0.4) is 0 Å². The Hall–Kier alpha value is -3.62. The van der Waals surface area contributed by atoms with Gasteiger partial charge in [0, 0.05) is 23.3 Å². The number of nitrogens with zero attached hydrogens (tertiary/aromatic N) is 3. The number of carbonyl (C=O) groups is 3. The molecule has 0 bridgehead atoms. The summed E-state index contributed by atoms with van der Waals surface area (Å²) < 4.78 is 14.4. The molecule has 0 spiro atoms. The molecular weight excluding hydrogens is 417 g/mol. The van der Waals surface area contributed by atoms with E-state index in [1.54, 1.807) is 6.07 Å². The average molecular weight is 439 g/mol. The molecule has 8 nitrogen and oxygen atoms in total. The maximum Gasteiger partial charge on any atom is 0.273 e. The Kier molecular flexibility index (Phi) is 5.73. The lowest BCUT2D eigenvalue weighted by Crippen LogP contribution is -2.50. The molecule has 1 aliphatic heterocycles. The van der Waals surface area contributed by atoms with Gasteiger partial charge in [-0.1, -0.05) is 31.2 Å². The van der Waals surface area contributed by atoms with Gasteiger partial charge in [0.2, 0.25) is 0 Å². The predicted molar refractivity (Wildman–Crippen MR) is 111 cm³/mol. The maximum atomic E-state index is 14.4. The van der Waals surface area contributed by atoms with E-state index in [2.05, 4.69) is 0 Å². The molecule has 1 saturated carbocycles. The molecule has 4 rings (SSSR count). The summed E-state index contributed by atoms with van der Waals surface area (Å²) in [5.74, 6) is -3.10. The van der Waals surface area contributed by atoms with Gasteiger partial charge in [-0.05, 0) is 37.3 Å². The maximum absolute atomic E-state index is 14.4. The van der Waals surface area contributed by atoms with Crippen LogP contribution in [0.25, 0.3) is 0 Å². The zero-order valence-corrected chi connectivity index (χ0v) is 17.4. The van der Waals surface area contributed by atoms with E-state index in [1.165, 1.54) is 36.4 Å². The van der Waals surface area contributed by atoms with E-state index in [0.29, 0.717) is 12.8 Å². The first-order valence-corrected chi connectivity index (χ1v) is 10.5. The highest BCUT2D eigenvalue weighted by Gasteiger charge is 2.52. The van der Waals surface area contributed by atoms with Gasteiger partial charge in [-0.15, -0.1) is 0 Å². The molecule has 2 aliphatic rings. The molecule has 2 fully saturated rings. The lowest BCUT2D eigenvalue weighted by Gasteiger charge is -2.30. The molecule has 166 valence electrons. The van der Waals surface area contributed by atoms with E-state index in [0.717, 1.165) is 22.5 Å². The van der Waals surface area contributed by atoms with Crippen LogP contribution < -0.4 is 0 Å². The lowest BCUT2D eigenvalue weighted by molar-refractivity contribution is -0.384. The van der Waals surface area contributed by atoms with Crippen molar-refractivity contribution in [3.8, 4) is 0 Å². The number of benzene rings is 2. The molecule has 2 aromatic rings. The number of fused-ring (bicyclic) bond motifs is 1. The van der Waals surface area contributed by atoms with Crippen LogP contribution in [0.4, 0.5) is 10.1 Å². The molecule has 0 aromatic heterocycles. The molecule has 1 heterocycles. The Labute approximate surface area is 183 Å². The van der Waals surface area contributed by atoms with E-state index < -0.39 is 40.3 Å². The quantitative estimate of drug-likeness (QED) is 0.402. The third kappa shape index (κ3) is 3.86. The Morgan fingerprint density at radius 3 is 2.56 bits per heavy atom. The summed E-state index contributed by atoms with van der Waals surface area (Å²) >= 11 is 0. The summed E-state index contributed by atoms with van der Waals surface area (Å²) in [6.07, 6.45) is 1.90. The number of hydrogen-bond donors (Lipinski definition) is 0. The standard InChI is InChI=1S/C23H22FN3O5/c1-14-9-10-18-19(11-14)23(30)26(22(18)29)25(13-16-5-2-3-8-20(16)24)21(28)15-6-4-7-17(12-15)27(31)32/h2-8,12,14,18-19H,9-11,13H2,1H3/t14-,18+,19+/m1/s1. The minimum atomic E-state index is -0.787. The minimum absolute atomic E-state index is 0.0700. The van der Waals surface area contributed by atoms with E-state index in [-0.39, 0.29) is 29.3 Å². The summed E-state index contributed by atoms with van der Waals surface area (Å²) in [7, 11) is 0. The summed E-state index contributed by atoms with van der Waals surface area (Å²) in [5, 5.41) is 12.9. The smallest absolute Gasteiger partial charge is 0.272 e. The van der Waals surface area contributed by atoms with Crippen LogP contribution in [0.15, 0.2) is 48.5 Å². The fourth-order valence-electron chi connectivity index (χ4n) is 4.53. The van der Waals surface area contributed by atoms with Crippen molar-refractivity contribution in [2.45, 2.75) is 32.7 Å². The summed E-state index contributed by atoms with van der Waals surface area (Å²) in [5.41, 5.74) is -0.252. The van der Waals surface area contributed by atoms with Crippen LogP contribution in [0.1, 0.15) is 42.1 Å². The van der Waals surface area contributed by atoms with Crippen molar-refractivity contribution in [2.75, 3.05) is 0 Å².